The van der Waals surface area contributed by atoms with Crippen LogP contribution in [0.3, 0.4) is 0 Å². The fourth-order valence-corrected chi connectivity index (χ4v) is 1.54. The number of nitrogens with one attached hydrogen (secondary N) is 1. The summed E-state index contributed by atoms with van der Waals surface area (Å²) in [6.07, 6.45) is 2.93. The molecule has 1 aromatic carbocycles. The van der Waals surface area contributed by atoms with E-state index in [9.17, 15) is 0 Å². The first kappa shape index (κ1) is 10.0. The smallest absolute Gasteiger partial charge is 0.0354 e. The first-order valence-electron chi connectivity index (χ1n) is 4.63. The van der Waals surface area contributed by atoms with Crippen LogP contribution in [0, 0.1) is 6.92 Å². The predicted octanol–water partition coefficient (Wildman–Crippen LogP) is 2.83. The van der Waals surface area contributed by atoms with E-state index in [4.69, 9.17) is 0 Å². The van der Waals surface area contributed by atoms with Crippen molar-refractivity contribution < 1.29 is 0 Å². The van der Waals surface area contributed by atoms with Gasteiger partial charge in [0.25, 0.3) is 0 Å². The lowest BCUT2D eigenvalue weighted by molar-refractivity contribution is 0.600. The SMILES string of the molecule is C=CCC(NC)c1ccccc1C. The van der Waals surface area contributed by atoms with Crippen LogP contribution in [-0.2, 0) is 0 Å². The van der Waals surface area contributed by atoms with E-state index in [1.54, 1.807) is 0 Å². The maximum Gasteiger partial charge on any atom is 0.0354 e. The van der Waals surface area contributed by atoms with Gasteiger partial charge >= 0.3 is 0 Å². The zero-order valence-electron chi connectivity index (χ0n) is 8.38. The molecule has 0 radical (unpaired) electrons. The molecule has 70 valence electrons. The second-order valence-corrected chi connectivity index (χ2v) is 3.22. The molecule has 1 nitrogen and oxygen atoms in total. The summed E-state index contributed by atoms with van der Waals surface area (Å²) in [7, 11) is 1.99. The second-order valence-electron chi connectivity index (χ2n) is 3.22. The Hall–Kier alpha value is -1.08. The summed E-state index contributed by atoms with van der Waals surface area (Å²) in [5, 5.41) is 3.29. The highest BCUT2D eigenvalue weighted by molar-refractivity contribution is 5.29. The summed E-state index contributed by atoms with van der Waals surface area (Å²) in [6, 6.07) is 8.86. The number of rotatable bonds is 4. The van der Waals surface area contributed by atoms with Crippen molar-refractivity contribution in [3.63, 3.8) is 0 Å². The van der Waals surface area contributed by atoms with E-state index in [0.29, 0.717) is 6.04 Å². The monoisotopic (exact) mass is 175 g/mol. The lowest BCUT2D eigenvalue weighted by Crippen LogP contribution is -2.16. The molecule has 1 N–H and O–H groups in total. The Bertz CT molecular complexity index is 278. The molecule has 0 saturated carbocycles. The first-order valence-corrected chi connectivity index (χ1v) is 4.63. The topological polar surface area (TPSA) is 12.0 Å². The van der Waals surface area contributed by atoms with E-state index in [1.165, 1.54) is 11.1 Å². The van der Waals surface area contributed by atoms with Gasteiger partial charge in [-0.3, -0.25) is 0 Å². The lowest BCUT2D eigenvalue weighted by atomic mass is 9.99. The van der Waals surface area contributed by atoms with Gasteiger partial charge in [0.05, 0.1) is 0 Å². The Morgan fingerprint density at radius 1 is 1.46 bits per heavy atom. The van der Waals surface area contributed by atoms with Gasteiger partial charge in [-0.25, -0.2) is 0 Å². The molecule has 1 aromatic rings. The number of benzene rings is 1. The Balaban J connectivity index is 2.90. The summed E-state index contributed by atoms with van der Waals surface area (Å²) in [6.45, 7) is 5.91. The van der Waals surface area contributed by atoms with Crippen molar-refractivity contribution in [2.24, 2.45) is 0 Å². The van der Waals surface area contributed by atoms with Gasteiger partial charge in [0.1, 0.15) is 0 Å². The van der Waals surface area contributed by atoms with E-state index >= 15 is 0 Å². The summed E-state index contributed by atoms with van der Waals surface area (Å²) >= 11 is 0. The summed E-state index contributed by atoms with van der Waals surface area (Å²) < 4.78 is 0. The van der Waals surface area contributed by atoms with Gasteiger partial charge in [-0.05, 0) is 31.5 Å². The molecule has 1 rings (SSSR count). The van der Waals surface area contributed by atoms with E-state index in [2.05, 4.69) is 43.1 Å². The number of hydrogen-bond acceptors (Lipinski definition) is 1. The van der Waals surface area contributed by atoms with Crippen molar-refractivity contribution in [2.75, 3.05) is 7.05 Å². The van der Waals surface area contributed by atoms with Gasteiger partial charge in [-0.15, -0.1) is 6.58 Å². The molecule has 0 heterocycles. The molecule has 0 aliphatic heterocycles. The highest BCUT2D eigenvalue weighted by atomic mass is 14.9. The lowest BCUT2D eigenvalue weighted by Gasteiger charge is -2.16. The van der Waals surface area contributed by atoms with Crippen LogP contribution in [0.5, 0.6) is 0 Å². The summed E-state index contributed by atoms with van der Waals surface area (Å²) in [4.78, 5) is 0. The molecule has 1 unspecified atom stereocenters. The van der Waals surface area contributed by atoms with Crippen molar-refractivity contribution in [1.82, 2.24) is 5.32 Å². The van der Waals surface area contributed by atoms with Gasteiger partial charge in [0.2, 0.25) is 0 Å². The molecule has 0 aromatic heterocycles. The molecule has 0 fully saturated rings. The van der Waals surface area contributed by atoms with Crippen molar-refractivity contribution in [2.45, 2.75) is 19.4 Å². The van der Waals surface area contributed by atoms with Crippen LogP contribution in [0.4, 0.5) is 0 Å². The van der Waals surface area contributed by atoms with Crippen LogP contribution in [0.15, 0.2) is 36.9 Å². The van der Waals surface area contributed by atoms with Crippen LogP contribution in [-0.4, -0.2) is 7.05 Å². The third-order valence-electron chi connectivity index (χ3n) is 2.31. The maximum atomic E-state index is 3.76. The van der Waals surface area contributed by atoms with Crippen molar-refractivity contribution >= 4 is 0 Å². The van der Waals surface area contributed by atoms with E-state index < -0.39 is 0 Å². The van der Waals surface area contributed by atoms with Crippen molar-refractivity contribution in [3.05, 3.63) is 48.0 Å². The third-order valence-corrected chi connectivity index (χ3v) is 2.31. The molecule has 0 aliphatic rings. The van der Waals surface area contributed by atoms with Crippen LogP contribution in [0.1, 0.15) is 23.6 Å². The summed E-state index contributed by atoms with van der Waals surface area (Å²) in [5.41, 5.74) is 2.70. The minimum Gasteiger partial charge on any atom is -0.313 e. The Kier molecular flexibility index (Phi) is 3.71. The van der Waals surface area contributed by atoms with Gasteiger partial charge < -0.3 is 5.32 Å². The minimum absolute atomic E-state index is 0.402. The first-order chi connectivity index (χ1) is 6.29. The van der Waals surface area contributed by atoms with Crippen molar-refractivity contribution in [1.29, 1.82) is 0 Å². The average Bonchev–Trinajstić information content (AvgIpc) is 2.16. The number of hydrogen-bond donors (Lipinski definition) is 1. The van der Waals surface area contributed by atoms with Crippen LogP contribution < -0.4 is 5.32 Å². The zero-order valence-corrected chi connectivity index (χ0v) is 8.38. The van der Waals surface area contributed by atoms with Gasteiger partial charge in [-0.1, -0.05) is 30.3 Å². The fraction of sp³-hybridized carbons (Fsp3) is 0.333. The zero-order chi connectivity index (χ0) is 9.68. The highest BCUT2D eigenvalue weighted by Crippen LogP contribution is 2.19. The maximum absolute atomic E-state index is 3.76. The van der Waals surface area contributed by atoms with Gasteiger partial charge in [0, 0.05) is 6.04 Å². The Morgan fingerprint density at radius 3 is 2.69 bits per heavy atom. The molecular formula is C12H17N. The molecule has 0 saturated heterocycles. The Morgan fingerprint density at radius 2 is 2.15 bits per heavy atom. The predicted molar refractivity (Wildman–Crippen MR) is 57.8 cm³/mol. The van der Waals surface area contributed by atoms with E-state index in [0.717, 1.165) is 6.42 Å². The van der Waals surface area contributed by atoms with Gasteiger partial charge in [0.15, 0.2) is 0 Å². The fourth-order valence-electron chi connectivity index (χ4n) is 1.54. The molecule has 1 atom stereocenters. The second kappa shape index (κ2) is 4.83. The van der Waals surface area contributed by atoms with Gasteiger partial charge in [-0.2, -0.15) is 0 Å². The van der Waals surface area contributed by atoms with E-state index in [-0.39, 0.29) is 0 Å². The quantitative estimate of drug-likeness (QED) is 0.694. The van der Waals surface area contributed by atoms with Crippen molar-refractivity contribution in [3.8, 4) is 0 Å². The molecular weight excluding hydrogens is 158 g/mol. The molecule has 0 spiro atoms. The normalized spacial score (nSPS) is 12.5. The molecule has 1 heteroatoms. The van der Waals surface area contributed by atoms with Crippen LogP contribution in [0.25, 0.3) is 0 Å². The average molecular weight is 175 g/mol. The highest BCUT2D eigenvalue weighted by Gasteiger charge is 2.08. The third kappa shape index (κ3) is 2.43. The standard InChI is InChI=1S/C12H17N/c1-4-7-12(13-3)11-9-6-5-8-10(11)2/h4-6,8-9,12-13H,1,7H2,2-3H3. The van der Waals surface area contributed by atoms with Crippen LogP contribution >= 0.6 is 0 Å². The van der Waals surface area contributed by atoms with Crippen LogP contribution in [0.2, 0.25) is 0 Å². The molecule has 0 aliphatic carbocycles. The molecule has 0 bridgehead atoms. The molecule has 13 heavy (non-hydrogen) atoms. The summed E-state index contributed by atoms with van der Waals surface area (Å²) in [5.74, 6) is 0. The number of aryl methyl sites for hydroxylation is 1. The largest absolute Gasteiger partial charge is 0.313 e. The molecule has 0 amide bonds. The van der Waals surface area contributed by atoms with E-state index in [1.807, 2.05) is 13.1 Å². The Labute approximate surface area is 80.5 Å². The minimum atomic E-state index is 0.402.